The smallest absolute Gasteiger partial charge is 0.216 e. The summed E-state index contributed by atoms with van der Waals surface area (Å²) in [6.45, 7) is 8.67. The third-order valence-corrected chi connectivity index (χ3v) is 6.55. The van der Waals surface area contributed by atoms with Crippen LogP contribution < -0.4 is 5.32 Å². The number of rotatable bonds is 9. The van der Waals surface area contributed by atoms with E-state index in [0.29, 0.717) is 57.2 Å². The molecule has 0 saturated carbocycles. The first kappa shape index (κ1) is 28.0. The van der Waals surface area contributed by atoms with E-state index in [2.05, 4.69) is 10.3 Å². The summed E-state index contributed by atoms with van der Waals surface area (Å²) in [5.41, 5.74) is 0.413. The lowest BCUT2D eigenvalue weighted by atomic mass is 10.1. The number of guanidine groups is 1. The van der Waals surface area contributed by atoms with Crippen molar-refractivity contribution in [2.75, 3.05) is 51.6 Å². The topological polar surface area (TPSA) is 74.2 Å². The average molecular weight is 574 g/mol. The maximum atomic E-state index is 13.8. The van der Waals surface area contributed by atoms with Crippen molar-refractivity contribution in [2.45, 2.75) is 33.3 Å². The molecule has 0 unspecified atom stereocenters. The van der Waals surface area contributed by atoms with E-state index in [-0.39, 0.29) is 42.4 Å². The lowest BCUT2D eigenvalue weighted by Crippen LogP contribution is -2.54. The molecule has 0 spiro atoms. The third kappa shape index (κ3) is 9.15. The van der Waals surface area contributed by atoms with Gasteiger partial charge in [-0.15, -0.1) is 24.0 Å². The Morgan fingerprint density at radius 3 is 2.48 bits per heavy atom. The lowest BCUT2D eigenvalue weighted by molar-refractivity contribution is 0.0904. The molecule has 0 aromatic heterocycles. The number of nitrogens with zero attached hydrogens (tertiary/aromatic N) is 3. The molecule has 2 rings (SSSR count). The van der Waals surface area contributed by atoms with Crippen LogP contribution in [0.1, 0.15) is 26.3 Å². The van der Waals surface area contributed by atoms with Gasteiger partial charge in [-0.25, -0.2) is 17.2 Å². The second-order valence-electron chi connectivity index (χ2n) is 7.34. The van der Waals surface area contributed by atoms with Crippen molar-refractivity contribution in [3.8, 4) is 0 Å². The van der Waals surface area contributed by atoms with Gasteiger partial charge in [0, 0.05) is 45.3 Å². The fourth-order valence-corrected chi connectivity index (χ4v) is 4.41. The Morgan fingerprint density at radius 1 is 1.23 bits per heavy atom. The quantitative estimate of drug-likeness (QED) is 0.279. The van der Waals surface area contributed by atoms with Crippen molar-refractivity contribution in [2.24, 2.45) is 4.99 Å². The minimum Gasteiger partial charge on any atom is -0.378 e. The number of piperazine rings is 1. The van der Waals surface area contributed by atoms with E-state index >= 15 is 0 Å². The Balaban J connectivity index is 0.00000480. The third-order valence-electron chi connectivity index (χ3n) is 4.72. The van der Waals surface area contributed by atoms with Crippen molar-refractivity contribution in [1.29, 1.82) is 0 Å². The Kier molecular flexibility index (Phi) is 12.2. The number of benzene rings is 1. The average Bonchev–Trinajstić information content (AvgIpc) is 2.68. The zero-order chi connectivity index (χ0) is 22.1. The van der Waals surface area contributed by atoms with Crippen molar-refractivity contribution in [3.05, 3.63) is 35.4 Å². The van der Waals surface area contributed by atoms with Crippen molar-refractivity contribution < 1.29 is 21.9 Å². The van der Waals surface area contributed by atoms with Gasteiger partial charge in [-0.05, 0) is 38.8 Å². The highest BCUT2D eigenvalue weighted by Crippen LogP contribution is 2.11. The Labute approximate surface area is 201 Å². The molecule has 0 amide bonds. The van der Waals surface area contributed by atoms with Crippen LogP contribution >= 0.6 is 24.0 Å². The van der Waals surface area contributed by atoms with E-state index in [0.717, 1.165) is 6.07 Å². The molecule has 0 atom stereocenters. The fraction of sp³-hybridized carbons (Fsp3) is 0.650. The monoisotopic (exact) mass is 574 g/mol. The Hall–Kier alpha value is -1.05. The van der Waals surface area contributed by atoms with Gasteiger partial charge in [0.25, 0.3) is 0 Å². The van der Waals surface area contributed by atoms with Crippen molar-refractivity contribution >= 4 is 40.0 Å². The van der Waals surface area contributed by atoms with Crippen LogP contribution in [-0.2, 0) is 21.2 Å². The predicted octanol–water partition coefficient (Wildman–Crippen LogP) is 2.46. The molecule has 31 heavy (non-hydrogen) atoms. The molecule has 0 bridgehead atoms. The van der Waals surface area contributed by atoms with Gasteiger partial charge in [-0.1, -0.05) is 6.07 Å². The lowest BCUT2D eigenvalue weighted by Gasteiger charge is -2.36. The van der Waals surface area contributed by atoms with Crippen molar-refractivity contribution in [3.63, 3.8) is 0 Å². The molecule has 11 heteroatoms. The summed E-state index contributed by atoms with van der Waals surface area (Å²) in [7, 11) is -3.35. The summed E-state index contributed by atoms with van der Waals surface area (Å²) in [5.74, 6) is -0.532. The van der Waals surface area contributed by atoms with Gasteiger partial charge in [-0.2, -0.15) is 4.31 Å². The molecule has 1 aliphatic heterocycles. The maximum Gasteiger partial charge on any atom is 0.216 e. The molecule has 1 N–H and O–H groups in total. The molecule has 0 radical (unpaired) electrons. The number of halogens is 3. The van der Waals surface area contributed by atoms with E-state index in [1.807, 2.05) is 25.7 Å². The molecule has 7 nitrogen and oxygen atoms in total. The van der Waals surface area contributed by atoms with Crippen LogP contribution in [0.25, 0.3) is 0 Å². The van der Waals surface area contributed by atoms with E-state index in [9.17, 15) is 17.2 Å². The zero-order valence-corrected chi connectivity index (χ0v) is 21.5. The minimum atomic E-state index is -3.35. The highest BCUT2D eigenvalue weighted by Gasteiger charge is 2.28. The van der Waals surface area contributed by atoms with Gasteiger partial charge in [-0.3, -0.25) is 4.99 Å². The summed E-state index contributed by atoms with van der Waals surface area (Å²) in [6.07, 6.45) is 0.352. The van der Waals surface area contributed by atoms with Crippen molar-refractivity contribution in [1.82, 2.24) is 14.5 Å². The number of hydrogen-bond acceptors (Lipinski definition) is 4. The molecule has 1 saturated heterocycles. The van der Waals surface area contributed by atoms with E-state index in [1.165, 1.54) is 16.4 Å². The van der Waals surface area contributed by atoms with Gasteiger partial charge < -0.3 is 15.0 Å². The Bertz CT molecular complexity index is 817. The number of hydrogen-bond donors (Lipinski definition) is 1. The summed E-state index contributed by atoms with van der Waals surface area (Å²) in [6, 6.07) is 3.54. The molecule has 1 aromatic rings. The molecular weight excluding hydrogens is 541 g/mol. The Morgan fingerprint density at radius 2 is 1.90 bits per heavy atom. The molecule has 1 heterocycles. The SMILES string of the molecule is CCNC(=NCCc1ccc(F)cc1F)N1CCN(S(=O)(=O)CCOC(C)C)CC1.I. The van der Waals surface area contributed by atoms with Crippen LogP contribution in [0.3, 0.4) is 0 Å². The molecule has 1 fully saturated rings. The number of ether oxygens (including phenoxy) is 1. The van der Waals surface area contributed by atoms with Crippen LogP contribution in [0.15, 0.2) is 23.2 Å². The predicted molar refractivity (Wildman–Crippen MR) is 129 cm³/mol. The molecule has 1 aromatic carbocycles. The minimum absolute atomic E-state index is 0. The molecule has 178 valence electrons. The van der Waals surface area contributed by atoms with Gasteiger partial charge in [0.1, 0.15) is 11.6 Å². The van der Waals surface area contributed by atoms with Crippen LogP contribution in [0.4, 0.5) is 8.78 Å². The number of sulfonamides is 1. The van der Waals surface area contributed by atoms with Gasteiger partial charge in [0.2, 0.25) is 10.0 Å². The van der Waals surface area contributed by atoms with Gasteiger partial charge in [0.05, 0.1) is 18.5 Å². The number of nitrogens with one attached hydrogen (secondary N) is 1. The van der Waals surface area contributed by atoms with Crippen LogP contribution in [-0.4, -0.2) is 81.3 Å². The van der Waals surface area contributed by atoms with Crippen LogP contribution in [0.5, 0.6) is 0 Å². The first-order valence-corrected chi connectivity index (χ1v) is 11.9. The summed E-state index contributed by atoms with van der Waals surface area (Å²) in [5, 5.41) is 3.20. The zero-order valence-electron chi connectivity index (χ0n) is 18.3. The maximum absolute atomic E-state index is 13.8. The first-order chi connectivity index (χ1) is 14.2. The normalized spacial score (nSPS) is 15.8. The number of aliphatic imine (C=N–C) groups is 1. The molecule has 0 aliphatic carbocycles. The highest BCUT2D eigenvalue weighted by molar-refractivity contribution is 14.0. The summed E-state index contributed by atoms with van der Waals surface area (Å²) >= 11 is 0. The molecular formula is C20H33F2IN4O3S. The van der Waals surface area contributed by atoms with E-state index < -0.39 is 21.7 Å². The second-order valence-corrected chi connectivity index (χ2v) is 9.43. The first-order valence-electron chi connectivity index (χ1n) is 10.3. The van der Waals surface area contributed by atoms with Gasteiger partial charge >= 0.3 is 0 Å². The van der Waals surface area contributed by atoms with Crippen LogP contribution in [0, 0.1) is 11.6 Å². The summed E-state index contributed by atoms with van der Waals surface area (Å²) < 4.78 is 58.6. The van der Waals surface area contributed by atoms with Gasteiger partial charge in [0.15, 0.2) is 5.96 Å². The largest absolute Gasteiger partial charge is 0.378 e. The summed E-state index contributed by atoms with van der Waals surface area (Å²) in [4.78, 5) is 6.54. The van der Waals surface area contributed by atoms with Crippen LogP contribution in [0.2, 0.25) is 0 Å². The molecule has 1 aliphatic rings. The second kappa shape index (κ2) is 13.5. The standard InChI is InChI=1S/C20H32F2N4O3S.HI/c1-4-23-20(24-8-7-17-5-6-18(21)15-19(17)22)25-9-11-26(12-10-25)30(27,28)14-13-29-16(2)3;/h5-6,15-16H,4,7-14H2,1-3H3,(H,23,24);1H. The highest BCUT2D eigenvalue weighted by atomic mass is 127. The van der Waals surface area contributed by atoms with E-state index in [4.69, 9.17) is 4.74 Å². The fourth-order valence-electron chi connectivity index (χ4n) is 3.13. The van der Waals surface area contributed by atoms with E-state index in [1.54, 1.807) is 0 Å².